The summed E-state index contributed by atoms with van der Waals surface area (Å²) in [5.41, 5.74) is 7.12. The number of carbonyl (C=O) groups is 1. The second-order valence-electron chi connectivity index (χ2n) is 6.84. The Labute approximate surface area is 161 Å². The first-order chi connectivity index (χ1) is 13.1. The largest absolute Gasteiger partial charge is 0.368 e. The second kappa shape index (κ2) is 7.56. The number of benzene rings is 2. The molecule has 5 nitrogen and oxygen atoms in total. The summed E-state index contributed by atoms with van der Waals surface area (Å²) in [4.78, 5) is 30.1. The molecule has 1 aliphatic carbocycles. The zero-order valence-corrected chi connectivity index (χ0v) is 15.7. The molecule has 4 rings (SSSR count). The van der Waals surface area contributed by atoms with Gasteiger partial charge in [0.2, 0.25) is 5.91 Å². The number of amides is 1. The van der Waals surface area contributed by atoms with Crippen LogP contribution >= 0.6 is 11.8 Å². The topological polar surface area (TPSA) is 78.0 Å². The standard InChI is InChI=1S/C21H21N3O2S/c22-19(25)18(14-8-2-1-3-9-14)27-21-23-17-13-7-6-12-16(17)20(26)24(21)15-10-4-5-11-15/h1-3,6-9,12-13,15,18H,4-5,10-11H2,(H2,22,25). The van der Waals surface area contributed by atoms with Crippen molar-refractivity contribution in [2.75, 3.05) is 0 Å². The molecule has 0 spiro atoms. The van der Waals surface area contributed by atoms with Crippen LogP contribution in [0.2, 0.25) is 0 Å². The van der Waals surface area contributed by atoms with E-state index in [2.05, 4.69) is 0 Å². The smallest absolute Gasteiger partial charge is 0.262 e. The third-order valence-electron chi connectivity index (χ3n) is 5.05. The minimum absolute atomic E-state index is 0.0358. The Kier molecular flexibility index (Phi) is 4.99. The zero-order valence-electron chi connectivity index (χ0n) is 14.9. The summed E-state index contributed by atoms with van der Waals surface area (Å²) in [5, 5.41) is 0.592. The lowest BCUT2D eigenvalue weighted by Gasteiger charge is -2.21. The number of nitrogens with two attached hydrogens (primary N) is 1. The minimum Gasteiger partial charge on any atom is -0.368 e. The summed E-state index contributed by atoms with van der Waals surface area (Å²) in [6.07, 6.45) is 4.12. The van der Waals surface area contributed by atoms with Crippen molar-refractivity contribution in [3.05, 3.63) is 70.5 Å². The monoisotopic (exact) mass is 379 g/mol. The average molecular weight is 379 g/mol. The molecule has 6 heteroatoms. The Hall–Kier alpha value is -2.60. The van der Waals surface area contributed by atoms with E-state index in [1.807, 2.05) is 54.6 Å². The quantitative estimate of drug-likeness (QED) is 0.540. The fourth-order valence-electron chi connectivity index (χ4n) is 3.72. The van der Waals surface area contributed by atoms with E-state index in [0.29, 0.717) is 16.1 Å². The number of thioether (sulfide) groups is 1. The van der Waals surface area contributed by atoms with E-state index in [9.17, 15) is 9.59 Å². The van der Waals surface area contributed by atoms with Crippen LogP contribution in [0.5, 0.6) is 0 Å². The van der Waals surface area contributed by atoms with Crippen molar-refractivity contribution < 1.29 is 4.79 Å². The fraction of sp³-hybridized carbons (Fsp3) is 0.286. The first-order valence-electron chi connectivity index (χ1n) is 9.17. The van der Waals surface area contributed by atoms with Gasteiger partial charge in [-0.1, -0.05) is 67.1 Å². The summed E-state index contributed by atoms with van der Waals surface area (Å²) < 4.78 is 1.79. The van der Waals surface area contributed by atoms with E-state index in [-0.39, 0.29) is 11.6 Å². The summed E-state index contributed by atoms with van der Waals surface area (Å²) in [6, 6.07) is 16.9. The van der Waals surface area contributed by atoms with Crippen LogP contribution in [0.1, 0.15) is 42.5 Å². The number of primary amides is 1. The predicted octanol–water partition coefficient (Wildman–Crippen LogP) is 3.83. The summed E-state index contributed by atoms with van der Waals surface area (Å²) in [5.74, 6) is -0.438. The van der Waals surface area contributed by atoms with E-state index in [4.69, 9.17) is 10.7 Å². The Morgan fingerprint density at radius 3 is 2.44 bits per heavy atom. The molecular weight excluding hydrogens is 358 g/mol. The van der Waals surface area contributed by atoms with Crippen LogP contribution in [0.25, 0.3) is 10.9 Å². The summed E-state index contributed by atoms with van der Waals surface area (Å²) in [6.45, 7) is 0. The van der Waals surface area contributed by atoms with E-state index in [0.717, 1.165) is 31.2 Å². The highest BCUT2D eigenvalue weighted by atomic mass is 32.2. The Morgan fingerprint density at radius 2 is 1.74 bits per heavy atom. The molecular formula is C21H21N3O2S. The van der Waals surface area contributed by atoms with Crippen molar-refractivity contribution >= 4 is 28.6 Å². The highest BCUT2D eigenvalue weighted by molar-refractivity contribution is 8.00. The number of hydrogen-bond acceptors (Lipinski definition) is 4. The average Bonchev–Trinajstić information content (AvgIpc) is 3.21. The van der Waals surface area contributed by atoms with Gasteiger partial charge in [0.15, 0.2) is 5.16 Å². The molecule has 1 amide bonds. The molecule has 1 atom stereocenters. The third-order valence-corrected chi connectivity index (χ3v) is 6.29. The van der Waals surface area contributed by atoms with Gasteiger partial charge in [0.1, 0.15) is 5.25 Å². The van der Waals surface area contributed by atoms with Crippen LogP contribution < -0.4 is 11.3 Å². The van der Waals surface area contributed by atoms with Crippen molar-refractivity contribution in [2.24, 2.45) is 5.73 Å². The molecule has 2 aromatic carbocycles. The molecule has 0 radical (unpaired) electrons. The molecule has 0 aliphatic heterocycles. The van der Waals surface area contributed by atoms with Gasteiger partial charge >= 0.3 is 0 Å². The first-order valence-corrected chi connectivity index (χ1v) is 10.1. The molecule has 1 unspecified atom stereocenters. The number of rotatable bonds is 5. The maximum Gasteiger partial charge on any atom is 0.262 e. The number of carbonyl (C=O) groups excluding carboxylic acids is 1. The predicted molar refractivity (Wildman–Crippen MR) is 108 cm³/mol. The Morgan fingerprint density at radius 1 is 1.07 bits per heavy atom. The molecule has 3 aromatic rings. The van der Waals surface area contributed by atoms with Crippen LogP contribution in [0, 0.1) is 0 Å². The van der Waals surface area contributed by atoms with Crippen molar-refractivity contribution in [3.63, 3.8) is 0 Å². The molecule has 1 aromatic heterocycles. The zero-order chi connectivity index (χ0) is 18.8. The maximum atomic E-state index is 13.2. The van der Waals surface area contributed by atoms with Crippen LogP contribution in [0.4, 0.5) is 0 Å². The molecule has 138 valence electrons. The van der Waals surface area contributed by atoms with Crippen LogP contribution in [0.3, 0.4) is 0 Å². The van der Waals surface area contributed by atoms with Gasteiger partial charge in [-0.15, -0.1) is 0 Å². The lowest BCUT2D eigenvalue weighted by molar-refractivity contribution is -0.117. The third kappa shape index (κ3) is 3.49. The van der Waals surface area contributed by atoms with Gasteiger partial charge in [0, 0.05) is 6.04 Å². The number of hydrogen-bond donors (Lipinski definition) is 1. The van der Waals surface area contributed by atoms with Gasteiger partial charge in [0.25, 0.3) is 5.56 Å². The van der Waals surface area contributed by atoms with Gasteiger partial charge in [-0.25, -0.2) is 4.98 Å². The number of fused-ring (bicyclic) bond motifs is 1. The van der Waals surface area contributed by atoms with Crippen LogP contribution in [0.15, 0.2) is 64.5 Å². The van der Waals surface area contributed by atoms with E-state index < -0.39 is 11.2 Å². The highest BCUT2D eigenvalue weighted by Gasteiger charge is 2.27. The minimum atomic E-state index is -0.591. The summed E-state index contributed by atoms with van der Waals surface area (Å²) >= 11 is 1.27. The molecule has 0 saturated heterocycles. The van der Waals surface area contributed by atoms with Gasteiger partial charge < -0.3 is 5.73 Å². The molecule has 1 fully saturated rings. The fourth-order valence-corrected chi connectivity index (χ4v) is 4.83. The highest BCUT2D eigenvalue weighted by Crippen LogP contribution is 2.38. The summed E-state index contributed by atoms with van der Waals surface area (Å²) in [7, 11) is 0. The molecule has 0 bridgehead atoms. The van der Waals surface area contributed by atoms with Gasteiger partial charge in [-0.3, -0.25) is 14.2 Å². The van der Waals surface area contributed by atoms with Crippen molar-refractivity contribution in [1.29, 1.82) is 0 Å². The first kappa shape index (κ1) is 17.8. The van der Waals surface area contributed by atoms with E-state index in [1.165, 1.54) is 11.8 Å². The number of para-hydroxylation sites is 1. The van der Waals surface area contributed by atoms with E-state index in [1.54, 1.807) is 4.57 Å². The van der Waals surface area contributed by atoms with Crippen molar-refractivity contribution in [1.82, 2.24) is 9.55 Å². The van der Waals surface area contributed by atoms with Gasteiger partial charge in [-0.2, -0.15) is 0 Å². The van der Waals surface area contributed by atoms with E-state index >= 15 is 0 Å². The lowest BCUT2D eigenvalue weighted by atomic mass is 10.1. The number of nitrogens with zero attached hydrogens (tertiary/aromatic N) is 2. The molecule has 2 N–H and O–H groups in total. The maximum absolute atomic E-state index is 13.2. The van der Waals surface area contributed by atoms with Crippen LogP contribution in [-0.2, 0) is 4.79 Å². The van der Waals surface area contributed by atoms with Crippen LogP contribution in [-0.4, -0.2) is 15.5 Å². The lowest BCUT2D eigenvalue weighted by Crippen LogP contribution is -2.28. The molecule has 27 heavy (non-hydrogen) atoms. The SMILES string of the molecule is NC(=O)C(Sc1nc2ccccc2c(=O)n1C1CCCC1)c1ccccc1. The van der Waals surface area contributed by atoms with Crippen molar-refractivity contribution in [2.45, 2.75) is 42.1 Å². The van der Waals surface area contributed by atoms with Crippen molar-refractivity contribution in [3.8, 4) is 0 Å². The van der Waals surface area contributed by atoms with Gasteiger partial charge in [0.05, 0.1) is 10.9 Å². The molecule has 1 saturated carbocycles. The second-order valence-corrected chi connectivity index (χ2v) is 7.91. The number of aromatic nitrogens is 2. The molecule has 1 heterocycles. The Bertz CT molecular complexity index is 1030. The normalized spacial score (nSPS) is 15.9. The Balaban J connectivity index is 1.85. The van der Waals surface area contributed by atoms with Gasteiger partial charge in [-0.05, 0) is 30.5 Å². The molecule has 1 aliphatic rings.